The summed E-state index contributed by atoms with van der Waals surface area (Å²) in [6.45, 7) is 8.21. The third kappa shape index (κ3) is 4.06. The van der Waals surface area contributed by atoms with E-state index in [-0.39, 0.29) is 16.9 Å². The zero-order valence-electron chi connectivity index (χ0n) is 17.1. The van der Waals surface area contributed by atoms with Crippen LogP contribution in [-0.4, -0.2) is 49.1 Å². The van der Waals surface area contributed by atoms with E-state index in [0.717, 1.165) is 24.1 Å². The molecule has 0 radical (unpaired) electrons. The lowest BCUT2D eigenvalue weighted by Gasteiger charge is -2.32. The first-order valence-corrected chi connectivity index (χ1v) is 10.00. The SMILES string of the molecule is CC(C)(C)c1ccc(=O)n(CC2CCN(C(=O)c3ccc4n[nH]nc4c3)CC2)n1. The molecule has 1 N–H and O–H groups in total. The smallest absolute Gasteiger partial charge is 0.266 e. The molecule has 0 saturated carbocycles. The van der Waals surface area contributed by atoms with E-state index < -0.39 is 0 Å². The lowest BCUT2D eigenvalue weighted by Crippen LogP contribution is -2.40. The normalized spacial score (nSPS) is 15.8. The highest BCUT2D eigenvalue weighted by Gasteiger charge is 2.25. The molecule has 1 aliphatic rings. The average Bonchev–Trinajstić information content (AvgIpc) is 3.16. The molecule has 0 aliphatic carbocycles. The van der Waals surface area contributed by atoms with Crippen molar-refractivity contribution in [1.29, 1.82) is 0 Å². The summed E-state index contributed by atoms with van der Waals surface area (Å²) in [6, 6.07) is 8.78. The van der Waals surface area contributed by atoms with Gasteiger partial charge in [0.15, 0.2) is 0 Å². The molecule has 8 nitrogen and oxygen atoms in total. The van der Waals surface area contributed by atoms with Crippen LogP contribution in [0.25, 0.3) is 11.0 Å². The topological polar surface area (TPSA) is 96.8 Å². The van der Waals surface area contributed by atoms with E-state index >= 15 is 0 Å². The molecular formula is C21H26N6O2. The Balaban J connectivity index is 1.40. The van der Waals surface area contributed by atoms with E-state index in [1.54, 1.807) is 28.9 Å². The van der Waals surface area contributed by atoms with Crippen LogP contribution in [-0.2, 0) is 12.0 Å². The molecule has 8 heteroatoms. The summed E-state index contributed by atoms with van der Waals surface area (Å²) < 4.78 is 1.58. The molecule has 1 saturated heterocycles. The fraction of sp³-hybridized carbons (Fsp3) is 0.476. The number of aromatic amines is 1. The summed E-state index contributed by atoms with van der Waals surface area (Å²) in [5, 5.41) is 15.2. The van der Waals surface area contributed by atoms with Gasteiger partial charge in [-0.05, 0) is 43.0 Å². The van der Waals surface area contributed by atoms with Crippen LogP contribution in [0.1, 0.15) is 49.7 Å². The number of hydrogen-bond acceptors (Lipinski definition) is 5. The molecule has 0 unspecified atom stereocenters. The first-order valence-electron chi connectivity index (χ1n) is 10.00. The van der Waals surface area contributed by atoms with Crippen LogP contribution in [0, 0.1) is 5.92 Å². The molecule has 152 valence electrons. The van der Waals surface area contributed by atoms with Gasteiger partial charge in [0.05, 0.1) is 5.69 Å². The van der Waals surface area contributed by atoms with Gasteiger partial charge in [0.1, 0.15) is 11.0 Å². The number of nitrogens with zero attached hydrogens (tertiary/aromatic N) is 5. The van der Waals surface area contributed by atoms with Gasteiger partial charge in [-0.2, -0.15) is 20.5 Å². The maximum Gasteiger partial charge on any atom is 0.266 e. The standard InChI is InChI=1S/C21H26N6O2/c1-21(2,3)18-6-7-19(28)27(24-18)13-14-8-10-26(11-9-14)20(29)15-4-5-16-17(12-15)23-25-22-16/h4-7,12,14H,8-11,13H2,1-3H3,(H,22,23,25). The number of carbonyl (C=O) groups excluding carboxylic acids is 1. The number of piperidine rings is 1. The van der Waals surface area contributed by atoms with Crippen molar-refractivity contribution in [2.75, 3.05) is 13.1 Å². The first kappa shape index (κ1) is 19.3. The number of H-pyrrole nitrogens is 1. The van der Waals surface area contributed by atoms with Crippen molar-refractivity contribution < 1.29 is 4.79 Å². The average molecular weight is 394 g/mol. The third-order valence-electron chi connectivity index (χ3n) is 5.53. The highest BCUT2D eigenvalue weighted by molar-refractivity contribution is 5.97. The highest BCUT2D eigenvalue weighted by atomic mass is 16.2. The van der Waals surface area contributed by atoms with Crippen LogP contribution in [0.4, 0.5) is 0 Å². The molecule has 1 aromatic carbocycles. The van der Waals surface area contributed by atoms with Crippen molar-refractivity contribution in [1.82, 2.24) is 30.1 Å². The summed E-state index contributed by atoms with van der Waals surface area (Å²) in [5.41, 5.74) is 2.80. The Morgan fingerprint density at radius 2 is 1.83 bits per heavy atom. The van der Waals surface area contributed by atoms with Crippen molar-refractivity contribution in [3.05, 3.63) is 51.9 Å². The predicted octanol–water partition coefficient (Wildman–Crippen LogP) is 2.36. The van der Waals surface area contributed by atoms with Gasteiger partial charge in [-0.25, -0.2) is 4.68 Å². The van der Waals surface area contributed by atoms with Crippen LogP contribution in [0.2, 0.25) is 0 Å². The molecule has 1 aliphatic heterocycles. The Bertz CT molecular complexity index is 1090. The van der Waals surface area contributed by atoms with Crippen LogP contribution >= 0.6 is 0 Å². The van der Waals surface area contributed by atoms with Crippen LogP contribution in [0.3, 0.4) is 0 Å². The molecule has 1 amide bonds. The summed E-state index contributed by atoms with van der Waals surface area (Å²) in [4.78, 5) is 27.0. The van der Waals surface area contributed by atoms with Crippen LogP contribution in [0.15, 0.2) is 35.1 Å². The lowest BCUT2D eigenvalue weighted by atomic mass is 9.92. The third-order valence-corrected chi connectivity index (χ3v) is 5.53. The van der Waals surface area contributed by atoms with Crippen molar-refractivity contribution >= 4 is 16.9 Å². The number of nitrogens with one attached hydrogen (secondary N) is 1. The van der Waals surface area contributed by atoms with Crippen molar-refractivity contribution in [2.45, 2.75) is 45.6 Å². The maximum atomic E-state index is 12.8. The largest absolute Gasteiger partial charge is 0.339 e. The maximum absolute atomic E-state index is 12.8. The lowest BCUT2D eigenvalue weighted by molar-refractivity contribution is 0.0680. The minimum atomic E-state index is -0.101. The first-order chi connectivity index (χ1) is 13.8. The number of aromatic nitrogens is 5. The molecule has 1 fully saturated rings. The van der Waals surface area contributed by atoms with E-state index in [9.17, 15) is 9.59 Å². The van der Waals surface area contributed by atoms with Gasteiger partial charge in [0.25, 0.3) is 11.5 Å². The molecule has 3 heterocycles. The number of benzene rings is 1. The van der Waals surface area contributed by atoms with Crippen LogP contribution in [0.5, 0.6) is 0 Å². The number of rotatable bonds is 3. The molecule has 0 atom stereocenters. The van der Waals surface area contributed by atoms with Crippen LogP contribution < -0.4 is 5.56 Å². The van der Waals surface area contributed by atoms with E-state index in [0.29, 0.717) is 36.6 Å². The van der Waals surface area contributed by atoms with Gasteiger partial charge in [-0.15, -0.1) is 0 Å². The Morgan fingerprint density at radius 3 is 2.55 bits per heavy atom. The zero-order valence-corrected chi connectivity index (χ0v) is 17.1. The van der Waals surface area contributed by atoms with E-state index in [2.05, 4.69) is 41.3 Å². The van der Waals surface area contributed by atoms with Gasteiger partial charge >= 0.3 is 0 Å². The Kier molecular flexibility index (Phi) is 4.94. The van der Waals surface area contributed by atoms with Gasteiger partial charge in [0.2, 0.25) is 0 Å². The second kappa shape index (κ2) is 7.42. The number of amides is 1. The monoisotopic (exact) mass is 394 g/mol. The van der Waals surface area contributed by atoms with Crippen molar-refractivity contribution in [3.63, 3.8) is 0 Å². The number of likely N-dealkylation sites (tertiary alicyclic amines) is 1. The van der Waals surface area contributed by atoms with Gasteiger partial charge in [-0.3, -0.25) is 9.59 Å². The van der Waals surface area contributed by atoms with Crippen molar-refractivity contribution in [3.8, 4) is 0 Å². The Hall–Kier alpha value is -3.03. The summed E-state index contributed by atoms with van der Waals surface area (Å²) in [5.74, 6) is 0.343. The van der Waals surface area contributed by atoms with Gasteiger partial charge in [-0.1, -0.05) is 20.8 Å². The zero-order chi connectivity index (χ0) is 20.6. The second-order valence-electron chi connectivity index (χ2n) is 8.75. The molecule has 29 heavy (non-hydrogen) atoms. The highest BCUT2D eigenvalue weighted by Crippen LogP contribution is 2.22. The Morgan fingerprint density at radius 1 is 1.10 bits per heavy atom. The number of fused-ring (bicyclic) bond motifs is 1. The molecule has 3 aromatic rings. The van der Waals surface area contributed by atoms with E-state index in [1.165, 1.54) is 0 Å². The van der Waals surface area contributed by atoms with Gasteiger partial charge in [0, 0.05) is 36.7 Å². The van der Waals surface area contributed by atoms with Crippen molar-refractivity contribution in [2.24, 2.45) is 5.92 Å². The molecular weight excluding hydrogens is 368 g/mol. The van der Waals surface area contributed by atoms with E-state index in [4.69, 9.17) is 0 Å². The summed E-state index contributed by atoms with van der Waals surface area (Å²) >= 11 is 0. The molecule has 2 aromatic heterocycles. The second-order valence-corrected chi connectivity index (χ2v) is 8.75. The number of carbonyl (C=O) groups is 1. The quantitative estimate of drug-likeness (QED) is 0.736. The van der Waals surface area contributed by atoms with E-state index in [1.807, 2.05) is 11.0 Å². The Labute approximate surface area is 168 Å². The molecule has 0 spiro atoms. The molecule has 0 bridgehead atoms. The summed E-state index contributed by atoms with van der Waals surface area (Å²) in [7, 11) is 0. The fourth-order valence-electron chi connectivity index (χ4n) is 3.70. The predicted molar refractivity (Wildman–Crippen MR) is 110 cm³/mol. The molecule has 4 rings (SSSR count). The fourth-order valence-corrected chi connectivity index (χ4v) is 3.70. The summed E-state index contributed by atoms with van der Waals surface area (Å²) in [6.07, 6.45) is 1.71. The minimum absolute atomic E-state index is 0.0124. The minimum Gasteiger partial charge on any atom is -0.339 e. The van der Waals surface area contributed by atoms with Gasteiger partial charge < -0.3 is 4.90 Å². The number of hydrogen-bond donors (Lipinski definition) is 1.